The van der Waals surface area contributed by atoms with Crippen molar-refractivity contribution < 1.29 is 9.13 Å². The van der Waals surface area contributed by atoms with E-state index in [9.17, 15) is 4.39 Å². The number of nitrogens with one attached hydrogen (secondary N) is 1. The molecule has 4 heteroatoms. The van der Waals surface area contributed by atoms with E-state index in [1.165, 1.54) is 6.07 Å². The molecule has 0 spiro atoms. The van der Waals surface area contributed by atoms with E-state index < -0.39 is 0 Å². The molecular weight excluding hydrogens is 267 g/mol. The van der Waals surface area contributed by atoms with E-state index in [0.717, 1.165) is 51.3 Å². The maximum Gasteiger partial charge on any atom is 0.123 e. The lowest BCUT2D eigenvalue weighted by Crippen LogP contribution is -2.50. The van der Waals surface area contributed by atoms with Crippen molar-refractivity contribution in [3.63, 3.8) is 0 Å². The number of hydrogen-bond acceptors (Lipinski definition) is 3. The van der Waals surface area contributed by atoms with Crippen LogP contribution < -0.4 is 5.32 Å². The highest BCUT2D eigenvalue weighted by Gasteiger charge is 2.31. The molecule has 1 heterocycles. The van der Waals surface area contributed by atoms with E-state index in [4.69, 9.17) is 4.74 Å². The quantitative estimate of drug-likeness (QED) is 0.902. The lowest BCUT2D eigenvalue weighted by molar-refractivity contribution is 0.0330. The monoisotopic (exact) mass is 292 g/mol. The fourth-order valence-electron chi connectivity index (χ4n) is 3.41. The van der Waals surface area contributed by atoms with E-state index >= 15 is 0 Å². The van der Waals surface area contributed by atoms with E-state index in [-0.39, 0.29) is 5.82 Å². The van der Waals surface area contributed by atoms with Gasteiger partial charge in [0.15, 0.2) is 0 Å². The number of ether oxygens (including phenoxy) is 1. The lowest BCUT2D eigenvalue weighted by atomic mass is 9.75. The third-order valence-electron chi connectivity index (χ3n) is 4.61. The van der Waals surface area contributed by atoms with Crippen molar-refractivity contribution in [1.82, 2.24) is 10.2 Å². The molecule has 1 aliphatic heterocycles. The van der Waals surface area contributed by atoms with Gasteiger partial charge in [0.2, 0.25) is 0 Å². The van der Waals surface area contributed by atoms with Gasteiger partial charge in [-0.2, -0.15) is 0 Å². The molecule has 0 radical (unpaired) electrons. The predicted octanol–water partition coefficient (Wildman–Crippen LogP) is 2.38. The van der Waals surface area contributed by atoms with Crippen LogP contribution in [-0.2, 0) is 4.74 Å². The zero-order valence-electron chi connectivity index (χ0n) is 12.7. The summed E-state index contributed by atoms with van der Waals surface area (Å²) in [4.78, 5) is 2.46. The summed E-state index contributed by atoms with van der Waals surface area (Å²) in [5.74, 6) is 0.401. The second-order valence-corrected chi connectivity index (χ2v) is 6.40. The maximum atomic E-state index is 13.2. The van der Waals surface area contributed by atoms with Gasteiger partial charge in [-0.25, -0.2) is 4.39 Å². The number of morpholine rings is 1. The van der Waals surface area contributed by atoms with Crippen LogP contribution in [0.3, 0.4) is 0 Å². The van der Waals surface area contributed by atoms with Gasteiger partial charge in [-0.3, -0.25) is 4.90 Å². The Labute approximate surface area is 126 Å². The average molecular weight is 292 g/mol. The number of nitrogens with zero attached hydrogens (tertiary/aromatic N) is 1. The second kappa shape index (κ2) is 6.86. The largest absolute Gasteiger partial charge is 0.379 e. The highest BCUT2D eigenvalue weighted by Crippen LogP contribution is 2.37. The van der Waals surface area contributed by atoms with Crippen molar-refractivity contribution in [3.05, 3.63) is 35.6 Å². The summed E-state index contributed by atoms with van der Waals surface area (Å²) in [6, 6.07) is 8.13. The van der Waals surface area contributed by atoms with Crippen LogP contribution in [0.5, 0.6) is 0 Å². The Morgan fingerprint density at radius 2 is 2.10 bits per heavy atom. The van der Waals surface area contributed by atoms with Gasteiger partial charge in [0, 0.05) is 31.7 Å². The Morgan fingerprint density at radius 3 is 2.81 bits per heavy atom. The smallest absolute Gasteiger partial charge is 0.123 e. The molecule has 1 atom stereocenters. The summed E-state index contributed by atoms with van der Waals surface area (Å²) in [7, 11) is 0. The average Bonchev–Trinajstić information content (AvgIpc) is 2.43. The van der Waals surface area contributed by atoms with Crippen molar-refractivity contribution in [2.45, 2.75) is 37.8 Å². The predicted molar refractivity (Wildman–Crippen MR) is 82.0 cm³/mol. The van der Waals surface area contributed by atoms with Gasteiger partial charge in [0.25, 0.3) is 0 Å². The number of halogens is 1. The highest BCUT2D eigenvalue weighted by atomic mass is 19.1. The van der Waals surface area contributed by atoms with Gasteiger partial charge >= 0.3 is 0 Å². The van der Waals surface area contributed by atoms with Crippen LogP contribution in [0.1, 0.15) is 31.2 Å². The first-order valence-corrected chi connectivity index (χ1v) is 8.02. The molecule has 3 rings (SSSR count). The molecular formula is C17H25FN2O. The molecule has 0 amide bonds. The normalized spacial score (nSPS) is 28.1. The first-order chi connectivity index (χ1) is 10.2. The molecule has 21 heavy (non-hydrogen) atoms. The molecule has 2 fully saturated rings. The SMILES string of the molecule is CC(CN1CCOCC1)NC1CC(c2cccc(F)c2)C1. The minimum absolute atomic E-state index is 0.121. The zero-order chi connectivity index (χ0) is 14.7. The number of benzene rings is 1. The fraction of sp³-hybridized carbons (Fsp3) is 0.647. The molecule has 1 aliphatic carbocycles. The Balaban J connectivity index is 1.40. The Morgan fingerprint density at radius 1 is 1.33 bits per heavy atom. The van der Waals surface area contributed by atoms with Gasteiger partial charge in [-0.05, 0) is 43.4 Å². The number of hydrogen-bond donors (Lipinski definition) is 1. The maximum absolute atomic E-state index is 13.2. The topological polar surface area (TPSA) is 24.5 Å². The molecule has 2 aliphatic rings. The summed E-state index contributed by atoms with van der Waals surface area (Å²) in [5.41, 5.74) is 1.15. The van der Waals surface area contributed by atoms with Gasteiger partial charge in [-0.1, -0.05) is 12.1 Å². The van der Waals surface area contributed by atoms with Gasteiger partial charge in [0.05, 0.1) is 13.2 Å². The third-order valence-corrected chi connectivity index (χ3v) is 4.61. The molecule has 0 bridgehead atoms. The summed E-state index contributed by atoms with van der Waals surface area (Å²) in [5, 5.41) is 3.70. The molecule has 0 aromatic heterocycles. The Bertz CT molecular complexity index is 456. The second-order valence-electron chi connectivity index (χ2n) is 6.40. The van der Waals surface area contributed by atoms with Crippen LogP contribution in [-0.4, -0.2) is 49.8 Å². The molecule has 1 aromatic rings. The summed E-state index contributed by atoms with van der Waals surface area (Å²) in [6.45, 7) is 7.15. The van der Waals surface area contributed by atoms with Crippen molar-refractivity contribution >= 4 is 0 Å². The standard InChI is InChI=1S/C17H25FN2O/c1-13(12-20-5-7-21-8-6-20)19-17-10-15(11-17)14-3-2-4-16(18)9-14/h2-4,9,13,15,17,19H,5-8,10-12H2,1H3. The van der Waals surface area contributed by atoms with Crippen LogP contribution in [0.4, 0.5) is 4.39 Å². The molecule has 3 nitrogen and oxygen atoms in total. The van der Waals surface area contributed by atoms with Crippen LogP contribution >= 0.6 is 0 Å². The zero-order valence-corrected chi connectivity index (χ0v) is 12.7. The third kappa shape index (κ3) is 4.02. The van der Waals surface area contributed by atoms with E-state index in [1.807, 2.05) is 12.1 Å². The van der Waals surface area contributed by atoms with Gasteiger partial charge < -0.3 is 10.1 Å². The summed E-state index contributed by atoms with van der Waals surface area (Å²) in [6.07, 6.45) is 2.24. The van der Waals surface area contributed by atoms with Crippen LogP contribution in [0.15, 0.2) is 24.3 Å². The van der Waals surface area contributed by atoms with Crippen molar-refractivity contribution in [2.24, 2.45) is 0 Å². The molecule has 1 N–H and O–H groups in total. The van der Waals surface area contributed by atoms with Crippen molar-refractivity contribution in [1.29, 1.82) is 0 Å². The first kappa shape index (κ1) is 14.9. The fourth-order valence-corrected chi connectivity index (χ4v) is 3.41. The van der Waals surface area contributed by atoms with Crippen LogP contribution in [0.25, 0.3) is 0 Å². The van der Waals surface area contributed by atoms with E-state index in [0.29, 0.717) is 18.0 Å². The van der Waals surface area contributed by atoms with E-state index in [2.05, 4.69) is 17.1 Å². The summed E-state index contributed by atoms with van der Waals surface area (Å²) >= 11 is 0. The summed E-state index contributed by atoms with van der Waals surface area (Å²) < 4.78 is 18.6. The molecule has 1 saturated carbocycles. The molecule has 116 valence electrons. The lowest BCUT2D eigenvalue weighted by Gasteiger charge is -2.39. The van der Waals surface area contributed by atoms with E-state index in [1.54, 1.807) is 6.07 Å². The Kier molecular flexibility index (Phi) is 4.88. The van der Waals surface area contributed by atoms with Crippen molar-refractivity contribution in [3.8, 4) is 0 Å². The van der Waals surface area contributed by atoms with Gasteiger partial charge in [0.1, 0.15) is 5.82 Å². The number of rotatable bonds is 5. The van der Waals surface area contributed by atoms with Crippen molar-refractivity contribution in [2.75, 3.05) is 32.8 Å². The first-order valence-electron chi connectivity index (χ1n) is 8.02. The van der Waals surface area contributed by atoms with Gasteiger partial charge in [-0.15, -0.1) is 0 Å². The van der Waals surface area contributed by atoms with Crippen LogP contribution in [0.2, 0.25) is 0 Å². The molecule has 1 saturated heterocycles. The minimum atomic E-state index is -0.121. The van der Waals surface area contributed by atoms with Crippen LogP contribution in [0, 0.1) is 5.82 Å². The minimum Gasteiger partial charge on any atom is -0.379 e. The Hall–Kier alpha value is -0.970. The molecule has 1 unspecified atom stereocenters. The highest BCUT2D eigenvalue weighted by molar-refractivity contribution is 5.23. The molecule has 1 aromatic carbocycles.